The highest BCUT2D eigenvalue weighted by atomic mass is 32.2. The van der Waals surface area contributed by atoms with E-state index in [4.69, 9.17) is 0 Å². The molecule has 0 atom stereocenters. The SMILES string of the molecule is O=C(CSc1cccc(NC(=O)c2cccc([N+](=O)[O-])c2)c1)c1ccc(F)cc1. The molecular weight excluding hydrogens is 395 g/mol. The van der Waals surface area contributed by atoms with Crippen molar-refractivity contribution in [2.75, 3.05) is 11.1 Å². The van der Waals surface area contributed by atoms with Crippen LogP contribution in [0.15, 0.2) is 77.7 Å². The van der Waals surface area contributed by atoms with Gasteiger partial charge in [-0.2, -0.15) is 0 Å². The number of anilines is 1. The molecule has 8 heteroatoms. The van der Waals surface area contributed by atoms with Gasteiger partial charge in [-0.15, -0.1) is 11.8 Å². The lowest BCUT2D eigenvalue weighted by molar-refractivity contribution is -0.384. The Bertz CT molecular complexity index is 1070. The summed E-state index contributed by atoms with van der Waals surface area (Å²) in [4.78, 5) is 35.6. The van der Waals surface area contributed by atoms with Gasteiger partial charge in [0.25, 0.3) is 11.6 Å². The van der Waals surface area contributed by atoms with Crippen molar-refractivity contribution in [3.05, 3.63) is 99.9 Å². The number of nitro groups is 1. The van der Waals surface area contributed by atoms with Crippen molar-refractivity contribution in [1.82, 2.24) is 0 Å². The topological polar surface area (TPSA) is 89.3 Å². The molecule has 29 heavy (non-hydrogen) atoms. The molecule has 3 rings (SSSR count). The van der Waals surface area contributed by atoms with Gasteiger partial charge in [-0.25, -0.2) is 4.39 Å². The molecule has 0 fully saturated rings. The molecule has 3 aromatic rings. The van der Waals surface area contributed by atoms with Crippen molar-refractivity contribution >= 4 is 34.8 Å². The molecule has 0 bridgehead atoms. The Hall–Kier alpha value is -3.52. The maximum absolute atomic E-state index is 12.9. The summed E-state index contributed by atoms with van der Waals surface area (Å²) in [5.74, 6) is -0.853. The van der Waals surface area contributed by atoms with Crippen LogP contribution in [0.1, 0.15) is 20.7 Å². The molecule has 146 valence electrons. The van der Waals surface area contributed by atoms with E-state index in [1.165, 1.54) is 60.3 Å². The Morgan fingerprint density at radius 2 is 1.69 bits per heavy atom. The van der Waals surface area contributed by atoms with E-state index < -0.39 is 16.6 Å². The van der Waals surface area contributed by atoms with E-state index >= 15 is 0 Å². The van der Waals surface area contributed by atoms with Gasteiger partial charge in [0.2, 0.25) is 0 Å². The summed E-state index contributed by atoms with van der Waals surface area (Å²) in [5.41, 5.74) is 0.930. The number of nitro benzene ring substituents is 1. The number of Topliss-reactive ketones (excluding diaryl/α,β-unsaturated/α-hetero) is 1. The van der Waals surface area contributed by atoms with Crippen molar-refractivity contribution < 1.29 is 18.9 Å². The van der Waals surface area contributed by atoms with Crippen molar-refractivity contribution in [1.29, 1.82) is 0 Å². The Morgan fingerprint density at radius 3 is 2.41 bits per heavy atom. The van der Waals surface area contributed by atoms with E-state index in [0.717, 1.165) is 4.90 Å². The summed E-state index contributed by atoms with van der Waals surface area (Å²) in [6.45, 7) is 0. The number of carbonyl (C=O) groups is 2. The number of ketones is 1. The standard InChI is InChI=1S/C21H15FN2O4S/c22-16-9-7-14(8-10-16)20(25)13-29-19-6-2-4-17(12-19)23-21(26)15-3-1-5-18(11-15)24(27)28/h1-12H,13H2,(H,23,26). The van der Waals surface area contributed by atoms with Gasteiger partial charge in [0.1, 0.15) is 5.82 Å². The first-order valence-corrected chi connectivity index (χ1v) is 9.48. The number of benzene rings is 3. The highest BCUT2D eigenvalue weighted by Crippen LogP contribution is 2.23. The molecule has 0 heterocycles. The van der Waals surface area contributed by atoms with Crippen LogP contribution in [0.25, 0.3) is 0 Å². The number of amides is 1. The Morgan fingerprint density at radius 1 is 0.966 bits per heavy atom. The molecule has 0 aliphatic carbocycles. The number of halogens is 1. The molecule has 0 aromatic heterocycles. The minimum atomic E-state index is -0.563. The molecule has 0 aliphatic rings. The maximum Gasteiger partial charge on any atom is 0.270 e. The minimum absolute atomic E-state index is 0.138. The Balaban J connectivity index is 1.64. The predicted molar refractivity (Wildman–Crippen MR) is 109 cm³/mol. The second kappa shape index (κ2) is 9.11. The van der Waals surface area contributed by atoms with E-state index in [2.05, 4.69) is 5.32 Å². The fraction of sp³-hybridized carbons (Fsp3) is 0.0476. The summed E-state index contributed by atoms with van der Waals surface area (Å²) in [6.07, 6.45) is 0. The van der Waals surface area contributed by atoms with Gasteiger partial charge in [-0.05, 0) is 48.5 Å². The minimum Gasteiger partial charge on any atom is -0.322 e. The van der Waals surface area contributed by atoms with E-state index in [1.807, 2.05) is 0 Å². The predicted octanol–water partition coefficient (Wildman–Crippen LogP) is 4.96. The van der Waals surface area contributed by atoms with Crippen LogP contribution in [0.3, 0.4) is 0 Å². The summed E-state index contributed by atoms with van der Waals surface area (Å²) in [6, 6.07) is 17.7. The molecule has 0 radical (unpaired) electrons. The van der Waals surface area contributed by atoms with Crippen LogP contribution < -0.4 is 5.32 Å². The first-order chi connectivity index (χ1) is 13.9. The molecule has 3 aromatic carbocycles. The fourth-order valence-corrected chi connectivity index (χ4v) is 3.35. The highest BCUT2D eigenvalue weighted by molar-refractivity contribution is 8.00. The number of hydrogen-bond donors (Lipinski definition) is 1. The second-order valence-electron chi connectivity index (χ2n) is 6.01. The molecule has 6 nitrogen and oxygen atoms in total. The van der Waals surface area contributed by atoms with Gasteiger partial charge in [-0.3, -0.25) is 19.7 Å². The first kappa shape index (κ1) is 20.2. The summed E-state index contributed by atoms with van der Waals surface area (Å²) in [5, 5.41) is 13.5. The lowest BCUT2D eigenvalue weighted by Gasteiger charge is -2.07. The van der Waals surface area contributed by atoms with Gasteiger partial charge >= 0.3 is 0 Å². The van der Waals surface area contributed by atoms with Crippen molar-refractivity contribution in [3.63, 3.8) is 0 Å². The van der Waals surface area contributed by atoms with Gasteiger partial charge in [0, 0.05) is 33.8 Å². The van der Waals surface area contributed by atoms with Crippen LogP contribution in [0.4, 0.5) is 15.8 Å². The van der Waals surface area contributed by atoms with Crippen LogP contribution in [-0.2, 0) is 0 Å². The normalized spacial score (nSPS) is 10.4. The van der Waals surface area contributed by atoms with Crippen LogP contribution in [0.2, 0.25) is 0 Å². The van der Waals surface area contributed by atoms with E-state index in [0.29, 0.717) is 11.3 Å². The zero-order chi connectivity index (χ0) is 20.8. The number of nitrogens with one attached hydrogen (secondary N) is 1. The number of non-ortho nitro benzene ring substituents is 1. The van der Waals surface area contributed by atoms with Crippen LogP contribution in [0.5, 0.6) is 0 Å². The van der Waals surface area contributed by atoms with Gasteiger partial charge in [0.05, 0.1) is 10.7 Å². The first-order valence-electron chi connectivity index (χ1n) is 8.50. The lowest BCUT2D eigenvalue weighted by Crippen LogP contribution is -2.12. The zero-order valence-electron chi connectivity index (χ0n) is 15.0. The van der Waals surface area contributed by atoms with Gasteiger partial charge < -0.3 is 5.32 Å². The average Bonchev–Trinajstić information content (AvgIpc) is 2.73. The third-order valence-corrected chi connectivity index (χ3v) is 4.94. The monoisotopic (exact) mass is 410 g/mol. The summed E-state index contributed by atoms with van der Waals surface area (Å²) >= 11 is 1.29. The maximum atomic E-state index is 12.9. The third-order valence-electron chi connectivity index (χ3n) is 3.95. The molecule has 0 aliphatic heterocycles. The average molecular weight is 410 g/mol. The highest BCUT2D eigenvalue weighted by Gasteiger charge is 2.12. The largest absolute Gasteiger partial charge is 0.322 e. The van der Waals surface area contributed by atoms with Crippen molar-refractivity contribution in [2.24, 2.45) is 0 Å². The van der Waals surface area contributed by atoms with E-state index in [-0.39, 0.29) is 22.8 Å². The van der Waals surface area contributed by atoms with E-state index in [1.54, 1.807) is 24.3 Å². The lowest BCUT2D eigenvalue weighted by atomic mass is 10.1. The molecule has 0 unspecified atom stereocenters. The number of hydrogen-bond acceptors (Lipinski definition) is 5. The molecule has 1 amide bonds. The number of thioether (sulfide) groups is 1. The molecule has 0 saturated carbocycles. The van der Waals surface area contributed by atoms with Crippen molar-refractivity contribution in [3.8, 4) is 0 Å². The zero-order valence-corrected chi connectivity index (χ0v) is 15.8. The van der Waals surface area contributed by atoms with Gasteiger partial charge in [0.15, 0.2) is 5.78 Å². The molecule has 1 N–H and O–H groups in total. The van der Waals surface area contributed by atoms with Crippen molar-refractivity contribution in [2.45, 2.75) is 4.90 Å². The van der Waals surface area contributed by atoms with Crippen LogP contribution in [0, 0.1) is 15.9 Å². The smallest absolute Gasteiger partial charge is 0.270 e. The van der Waals surface area contributed by atoms with Gasteiger partial charge in [-0.1, -0.05) is 12.1 Å². The molecular formula is C21H15FN2O4S. The fourth-order valence-electron chi connectivity index (χ4n) is 2.50. The second-order valence-corrected chi connectivity index (χ2v) is 7.06. The number of nitrogens with zero attached hydrogens (tertiary/aromatic N) is 1. The molecule has 0 saturated heterocycles. The number of carbonyl (C=O) groups excluding carboxylic acids is 2. The van der Waals surface area contributed by atoms with Crippen LogP contribution in [-0.4, -0.2) is 22.4 Å². The summed E-state index contributed by atoms with van der Waals surface area (Å²) in [7, 11) is 0. The number of rotatable bonds is 7. The van der Waals surface area contributed by atoms with Crippen LogP contribution >= 0.6 is 11.8 Å². The Labute approximate surface area is 169 Å². The van der Waals surface area contributed by atoms with E-state index in [9.17, 15) is 24.1 Å². The Kier molecular flexibility index (Phi) is 6.36. The summed E-state index contributed by atoms with van der Waals surface area (Å²) < 4.78 is 12.9. The molecule has 0 spiro atoms. The third kappa shape index (κ3) is 5.49. The quantitative estimate of drug-likeness (QED) is 0.257.